The summed E-state index contributed by atoms with van der Waals surface area (Å²) in [5, 5.41) is 3.57. The van der Waals surface area contributed by atoms with Gasteiger partial charge in [-0.05, 0) is 24.0 Å². The Bertz CT molecular complexity index is 651. The normalized spacial score (nSPS) is 26.9. The lowest BCUT2D eigenvalue weighted by atomic mass is 9.87. The van der Waals surface area contributed by atoms with Crippen LogP contribution in [-0.4, -0.2) is 75.4 Å². The van der Waals surface area contributed by atoms with E-state index in [0.29, 0.717) is 5.41 Å². The molecule has 0 saturated carbocycles. The van der Waals surface area contributed by atoms with E-state index in [9.17, 15) is 0 Å². The molecule has 1 unspecified atom stereocenters. The Balaban J connectivity index is 1.31. The van der Waals surface area contributed by atoms with Gasteiger partial charge in [0.2, 0.25) is 0 Å². The number of hydrogen-bond acceptors (Lipinski definition) is 4. The summed E-state index contributed by atoms with van der Waals surface area (Å²) in [6.07, 6.45) is 2.40. The molecule has 0 amide bonds. The first-order valence-electron chi connectivity index (χ1n) is 10.2. The van der Waals surface area contributed by atoms with Gasteiger partial charge in [-0.2, -0.15) is 0 Å². The molecule has 3 heterocycles. The summed E-state index contributed by atoms with van der Waals surface area (Å²) in [6, 6.07) is 8.89. The van der Waals surface area contributed by atoms with Crippen LogP contribution in [0.1, 0.15) is 24.0 Å². The number of nitrogens with one attached hydrogen (secondary N) is 1. The van der Waals surface area contributed by atoms with Gasteiger partial charge in [-0.15, -0.1) is 0 Å². The molecule has 3 aliphatic heterocycles. The highest BCUT2D eigenvalue weighted by Crippen LogP contribution is 2.38. The molecule has 3 saturated heterocycles. The van der Waals surface area contributed by atoms with Crippen molar-refractivity contribution in [2.45, 2.75) is 25.9 Å². The van der Waals surface area contributed by atoms with Gasteiger partial charge in [0.1, 0.15) is 0 Å². The predicted octanol–water partition coefficient (Wildman–Crippen LogP) is 1.71. The van der Waals surface area contributed by atoms with E-state index in [4.69, 9.17) is 9.47 Å². The molecular formula is C21H32N4O2. The fraction of sp³-hybridized carbons (Fsp3) is 0.667. The number of guanidine groups is 1. The van der Waals surface area contributed by atoms with Crippen molar-refractivity contribution in [3.05, 3.63) is 35.4 Å². The largest absolute Gasteiger partial charge is 0.381 e. The third kappa shape index (κ3) is 4.62. The molecule has 27 heavy (non-hydrogen) atoms. The summed E-state index contributed by atoms with van der Waals surface area (Å²) in [5.74, 6) is 1.01. The molecule has 1 aromatic carbocycles. The third-order valence-corrected chi connectivity index (χ3v) is 6.09. The van der Waals surface area contributed by atoms with E-state index < -0.39 is 0 Å². The minimum absolute atomic E-state index is 0.357. The van der Waals surface area contributed by atoms with Gasteiger partial charge < -0.3 is 19.7 Å². The molecule has 3 aliphatic rings. The summed E-state index contributed by atoms with van der Waals surface area (Å²) >= 11 is 0. The zero-order valence-corrected chi connectivity index (χ0v) is 16.5. The first kappa shape index (κ1) is 18.7. The average molecular weight is 373 g/mol. The molecular weight excluding hydrogens is 340 g/mol. The number of aliphatic imine (C=N–C) groups is 1. The molecule has 3 fully saturated rings. The zero-order valence-electron chi connectivity index (χ0n) is 16.5. The van der Waals surface area contributed by atoms with Crippen LogP contribution in [-0.2, 0) is 22.6 Å². The van der Waals surface area contributed by atoms with Gasteiger partial charge in [-0.3, -0.25) is 9.89 Å². The Morgan fingerprint density at radius 1 is 1.11 bits per heavy atom. The van der Waals surface area contributed by atoms with Crippen molar-refractivity contribution in [3.63, 3.8) is 0 Å². The van der Waals surface area contributed by atoms with Crippen LogP contribution in [0.15, 0.2) is 29.3 Å². The molecule has 0 aromatic heterocycles. The van der Waals surface area contributed by atoms with Crippen LogP contribution in [0.4, 0.5) is 0 Å². The Morgan fingerprint density at radius 3 is 2.74 bits per heavy atom. The average Bonchev–Trinajstić information content (AvgIpc) is 3.34. The van der Waals surface area contributed by atoms with Crippen LogP contribution in [0.3, 0.4) is 0 Å². The maximum Gasteiger partial charge on any atom is 0.193 e. The van der Waals surface area contributed by atoms with Gasteiger partial charge in [-0.1, -0.05) is 24.3 Å². The number of benzene rings is 1. The monoisotopic (exact) mass is 372 g/mol. The second-order valence-corrected chi connectivity index (χ2v) is 8.08. The van der Waals surface area contributed by atoms with E-state index in [1.807, 2.05) is 7.05 Å². The Hall–Kier alpha value is -1.63. The summed E-state index contributed by atoms with van der Waals surface area (Å²) < 4.78 is 11.1. The topological polar surface area (TPSA) is 49.3 Å². The van der Waals surface area contributed by atoms with Crippen molar-refractivity contribution in [3.8, 4) is 0 Å². The van der Waals surface area contributed by atoms with E-state index in [2.05, 4.69) is 44.4 Å². The van der Waals surface area contributed by atoms with E-state index >= 15 is 0 Å². The highest BCUT2D eigenvalue weighted by molar-refractivity contribution is 5.80. The standard InChI is InChI=1S/C21H32N4O2/c1-22-20(25-7-5-21(16-25)6-10-27-17-21)23-14-18-3-2-4-19(13-18)15-24-8-11-26-12-9-24/h2-4,13H,5-12,14-17H2,1H3,(H,22,23). The van der Waals surface area contributed by atoms with Crippen molar-refractivity contribution >= 4 is 5.96 Å². The SMILES string of the molecule is CN=C(NCc1cccc(CN2CCOCC2)c1)N1CCC2(CCOC2)C1. The fourth-order valence-corrected chi connectivity index (χ4v) is 4.46. The van der Waals surface area contributed by atoms with Gasteiger partial charge >= 0.3 is 0 Å². The van der Waals surface area contributed by atoms with Crippen molar-refractivity contribution in [2.75, 3.05) is 59.7 Å². The van der Waals surface area contributed by atoms with E-state index in [1.54, 1.807) is 0 Å². The van der Waals surface area contributed by atoms with Crippen LogP contribution in [0.5, 0.6) is 0 Å². The lowest BCUT2D eigenvalue weighted by Crippen LogP contribution is -2.41. The maximum atomic E-state index is 5.65. The van der Waals surface area contributed by atoms with Crippen LogP contribution in [0, 0.1) is 5.41 Å². The molecule has 4 rings (SSSR count). The van der Waals surface area contributed by atoms with Gasteiger partial charge in [0.15, 0.2) is 5.96 Å². The number of morpholine rings is 1. The highest BCUT2D eigenvalue weighted by atomic mass is 16.5. The minimum atomic E-state index is 0.357. The molecule has 1 N–H and O–H groups in total. The Labute approximate surface area is 162 Å². The summed E-state index contributed by atoms with van der Waals surface area (Å²) in [6.45, 7) is 9.50. The second-order valence-electron chi connectivity index (χ2n) is 8.08. The number of likely N-dealkylation sites (tertiary alicyclic amines) is 1. The Kier molecular flexibility index (Phi) is 5.95. The lowest BCUT2D eigenvalue weighted by Gasteiger charge is -2.27. The van der Waals surface area contributed by atoms with Gasteiger partial charge in [0, 0.05) is 58.3 Å². The first-order valence-corrected chi connectivity index (χ1v) is 10.2. The summed E-state index contributed by atoms with van der Waals surface area (Å²) in [5.41, 5.74) is 3.03. The van der Waals surface area contributed by atoms with Gasteiger partial charge in [0.05, 0.1) is 19.8 Å². The second kappa shape index (κ2) is 8.59. The van der Waals surface area contributed by atoms with Crippen LogP contribution < -0.4 is 5.32 Å². The fourth-order valence-electron chi connectivity index (χ4n) is 4.46. The van der Waals surface area contributed by atoms with Crippen molar-refractivity contribution in [1.29, 1.82) is 0 Å². The van der Waals surface area contributed by atoms with Crippen molar-refractivity contribution < 1.29 is 9.47 Å². The highest BCUT2D eigenvalue weighted by Gasteiger charge is 2.42. The third-order valence-electron chi connectivity index (χ3n) is 6.09. The molecule has 1 aromatic rings. The molecule has 148 valence electrons. The zero-order chi connectivity index (χ0) is 18.5. The molecule has 1 atom stereocenters. The lowest BCUT2D eigenvalue weighted by molar-refractivity contribution is 0.0342. The quantitative estimate of drug-likeness (QED) is 0.644. The van der Waals surface area contributed by atoms with E-state index in [1.165, 1.54) is 24.0 Å². The smallest absolute Gasteiger partial charge is 0.193 e. The number of ether oxygens (including phenoxy) is 2. The number of rotatable bonds is 4. The maximum absolute atomic E-state index is 5.65. The van der Waals surface area contributed by atoms with Crippen molar-refractivity contribution in [2.24, 2.45) is 10.4 Å². The van der Waals surface area contributed by atoms with Crippen LogP contribution >= 0.6 is 0 Å². The summed E-state index contributed by atoms with van der Waals surface area (Å²) in [4.78, 5) is 9.38. The number of nitrogens with zero attached hydrogens (tertiary/aromatic N) is 3. The first-order chi connectivity index (χ1) is 13.3. The van der Waals surface area contributed by atoms with Crippen molar-refractivity contribution in [1.82, 2.24) is 15.1 Å². The van der Waals surface area contributed by atoms with Crippen LogP contribution in [0.2, 0.25) is 0 Å². The summed E-state index contributed by atoms with van der Waals surface area (Å²) in [7, 11) is 1.88. The van der Waals surface area contributed by atoms with Gasteiger partial charge in [-0.25, -0.2) is 0 Å². The van der Waals surface area contributed by atoms with E-state index in [-0.39, 0.29) is 0 Å². The molecule has 6 nitrogen and oxygen atoms in total. The van der Waals surface area contributed by atoms with Crippen LogP contribution in [0.25, 0.3) is 0 Å². The molecule has 0 aliphatic carbocycles. The molecule has 6 heteroatoms. The molecule has 0 radical (unpaired) electrons. The minimum Gasteiger partial charge on any atom is -0.381 e. The molecule has 1 spiro atoms. The Morgan fingerprint density at radius 2 is 1.96 bits per heavy atom. The van der Waals surface area contributed by atoms with Gasteiger partial charge in [0.25, 0.3) is 0 Å². The van der Waals surface area contributed by atoms with E-state index in [0.717, 1.165) is 71.7 Å². The number of hydrogen-bond donors (Lipinski definition) is 1. The molecule has 0 bridgehead atoms. The predicted molar refractivity (Wildman–Crippen MR) is 107 cm³/mol.